The summed E-state index contributed by atoms with van der Waals surface area (Å²) in [4.78, 5) is 3.17. The van der Waals surface area contributed by atoms with Gasteiger partial charge in [-0.15, -0.1) is 0 Å². The van der Waals surface area contributed by atoms with E-state index in [1.165, 1.54) is 0 Å². The number of hydrogen-bond donors (Lipinski definition) is 1. The Bertz CT molecular complexity index is 923. The number of H-pyrrole nitrogens is 1. The second kappa shape index (κ2) is 4.86. The van der Waals surface area contributed by atoms with Crippen molar-refractivity contribution >= 4 is 33.5 Å². The molecule has 0 fully saturated rings. The second-order valence-electron chi connectivity index (χ2n) is 4.86. The Kier molecular flexibility index (Phi) is 2.86. The van der Waals surface area contributed by atoms with Crippen LogP contribution in [0.15, 0.2) is 59.3 Å². The predicted molar refractivity (Wildman–Crippen MR) is 83.9 cm³/mol. The van der Waals surface area contributed by atoms with Crippen molar-refractivity contribution < 1.29 is 9.15 Å². The van der Waals surface area contributed by atoms with E-state index in [-0.39, 0.29) is 0 Å². The highest BCUT2D eigenvalue weighted by Crippen LogP contribution is 2.30. The molecule has 0 aliphatic heterocycles. The molecule has 1 N–H and O–H groups in total. The summed E-state index contributed by atoms with van der Waals surface area (Å²) in [6.07, 6.45) is 3.61. The highest BCUT2D eigenvalue weighted by Gasteiger charge is 2.10. The molecule has 0 spiro atoms. The van der Waals surface area contributed by atoms with E-state index in [9.17, 15) is 0 Å². The van der Waals surface area contributed by atoms with Crippen molar-refractivity contribution in [2.75, 3.05) is 0 Å². The van der Waals surface area contributed by atoms with Gasteiger partial charge in [-0.25, -0.2) is 0 Å². The van der Waals surface area contributed by atoms with Crippen LogP contribution < -0.4 is 4.74 Å². The molecule has 2 heterocycles. The van der Waals surface area contributed by atoms with E-state index in [0.29, 0.717) is 17.2 Å². The Labute approximate surface area is 126 Å². The lowest BCUT2D eigenvalue weighted by Gasteiger charge is -2.06. The average Bonchev–Trinajstić information content (AvgIpc) is 3.12. The van der Waals surface area contributed by atoms with E-state index >= 15 is 0 Å². The molecule has 2 aromatic carbocycles. The number of hydrogen-bond acceptors (Lipinski definition) is 2. The summed E-state index contributed by atoms with van der Waals surface area (Å²) in [5.74, 6) is 0.852. The van der Waals surface area contributed by atoms with Crippen molar-refractivity contribution in [1.82, 2.24) is 4.98 Å². The Morgan fingerprint density at radius 1 is 1.05 bits per heavy atom. The molecule has 0 aliphatic carbocycles. The van der Waals surface area contributed by atoms with Gasteiger partial charge >= 0.3 is 0 Å². The second-order valence-corrected chi connectivity index (χ2v) is 5.27. The minimum absolute atomic E-state index is 0.442. The zero-order chi connectivity index (χ0) is 14.2. The van der Waals surface area contributed by atoms with E-state index < -0.39 is 0 Å². The molecule has 21 heavy (non-hydrogen) atoms. The summed E-state index contributed by atoms with van der Waals surface area (Å²) in [6.45, 7) is 0.442. The third kappa shape index (κ3) is 2.06. The van der Waals surface area contributed by atoms with E-state index in [2.05, 4.69) is 4.98 Å². The van der Waals surface area contributed by atoms with Gasteiger partial charge in [-0.2, -0.15) is 0 Å². The van der Waals surface area contributed by atoms with Crippen LogP contribution in [-0.4, -0.2) is 4.98 Å². The topological polar surface area (TPSA) is 38.2 Å². The maximum absolute atomic E-state index is 6.11. The van der Waals surface area contributed by atoms with Crippen LogP contribution in [0.1, 0.15) is 5.56 Å². The van der Waals surface area contributed by atoms with Crippen LogP contribution in [0.25, 0.3) is 21.9 Å². The molecular formula is C17H12ClNO2. The van der Waals surface area contributed by atoms with Crippen LogP contribution >= 0.6 is 11.6 Å². The van der Waals surface area contributed by atoms with Gasteiger partial charge in [0.1, 0.15) is 12.4 Å². The van der Waals surface area contributed by atoms with E-state index in [1.54, 1.807) is 6.26 Å². The normalized spacial score (nSPS) is 11.3. The Morgan fingerprint density at radius 3 is 2.90 bits per heavy atom. The van der Waals surface area contributed by atoms with Crippen molar-refractivity contribution in [2.24, 2.45) is 0 Å². The fourth-order valence-electron chi connectivity index (χ4n) is 2.52. The van der Waals surface area contributed by atoms with Crippen molar-refractivity contribution in [3.05, 3.63) is 65.5 Å². The quantitative estimate of drug-likeness (QED) is 0.568. The fourth-order valence-corrected chi connectivity index (χ4v) is 2.74. The molecule has 0 bridgehead atoms. The van der Waals surface area contributed by atoms with Gasteiger partial charge in [0.05, 0.1) is 11.3 Å². The number of rotatable bonds is 3. The van der Waals surface area contributed by atoms with Crippen LogP contribution in [-0.2, 0) is 6.61 Å². The van der Waals surface area contributed by atoms with Gasteiger partial charge in [0.25, 0.3) is 0 Å². The SMILES string of the molecule is Clc1cccc2c(COc3cccc4[nH]ccc34)coc12. The number of benzene rings is 2. The molecule has 104 valence electrons. The van der Waals surface area contributed by atoms with Gasteiger partial charge in [0, 0.05) is 28.0 Å². The largest absolute Gasteiger partial charge is 0.488 e. The van der Waals surface area contributed by atoms with Gasteiger partial charge in [0.2, 0.25) is 0 Å². The summed E-state index contributed by atoms with van der Waals surface area (Å²) in [6, 6.07) is 13.7. The lowest BCUT2D eigenvalue weighted by atomic mass is 10.2. The smallest absolute Gasteiger partial charge is 0.152 e. The highest BCUT2D eigenvalue weighted by atomic mass is 35.5. The fraction of sp³-hybridized carbons (Fsp3) is 0.0588. The van der Waals surface area contributed by atoms with Crippen molar-refractivity contribution in [1.29, 1.82) is 0 Å². The maximum atomic E-state index is 6.11. The summed E-state index contributed by atoms with van der Waals surface area (Å²) < 4.78 is 11.5. The molecule has 4 aromatic rings. The van der Waals surface area contributed by atoms with Crippen molar-refractivity contribution in [2.45, 2.75) is 6.61 Å². The standard InChI is InChI=1S/C17H12ClNO2/c18-14-4-1-3-12-11(10-21-17(12)14)9-20-16-6-2-5-15-13(16)7-8-19-15/h1-8,10,19H,9H2. The first-order valence-corrected chi connectivity index (χ1v) is 7.04. The summed E-state index contributed by atoms with van der Waals surface area (Å²) >= 11 is 6.11. The molecule has 4 heteroatoms. The number of nitrogens with one attached hydrogen (secondary N) is 1. The summed E-state index contributed by atoms with van der Waals surface area (Å²) in [5, 5.41) is 2.68. The van der Waals surface area contributed by atoms with Crippen LogP contribution in [0, 0.1) is 0 Å². The van der Waals surface area contributed by atoms with Crippen molar-refractivity contribution in [3.8, 4) is 5.75 Å². The molecule has 0 aliphatic rings. The average molecular weight is 298 g/mol. The number of fused-ring (bicyclic) bond motifs is 2. The van der Waals surface area contributed by atoms with Crippen molar-refractivity contribution in [3.63, 3.8) is 0 Å². The molecule has 4 rings (SSSR count). The number of furan rings is 1. The third-order valence-electron chi connectivity index (χ3n) is 3.57. The zero-order valence-corrected chi connectivity index (χ0v) is 11.9. The first-order chi connectivity index (χ1) is 10.3. The van der Waals surface area contributed by atoms with Crippen LogP contribution in [0.5, 0.6) is 5.75 Å². The lowest BCUT2D eigenvalue weighted by molar-refractivity contribution is 0.310. The lowest BCUT2D eigenvalue weighted by Crippen LogP contribution is -1.94. The van der Waals surface area contributed by atoms with E-state index in [4.69, 9.17) is 20.8 Å². The monoisotopic (exact) mass is 297 g/mol. The molecule has 3 nitrogen and oxygen atoms in total. The number of halogens is 1. The molecular weight excluding hydrogens is 286 g/mol. The van der Waals surface area contributed by atoms with E-state index in [1.807, 2.05) is 48.7 Å². The highest BCUT2D eigenvalue weighted by molar-refractivity contribution is 6.34. The molecule has 0 saturated heterocycles. The van der Waals surface area contributed by atoms with Crippen LogP contribution in [0.4, 0.5) is 0 Å². The first-order valence-electron chi connectivity index (χ1n) is 6.66. The molecule has 0 atom stereocenters. The minimum atomic E-state index is 0.442. The summed E-state index contributed by atoms with van der Waals surface area (Å²) in [5.41, 5.74) is 2.75. The Morgan fingerprint density at radius 2 is 1.95 bits per heavy atom. The minimum Gasteiger partial charge on any atom is -0.488 e. The number of ether oxygens (including phenoxy) is 1. The third-order valence-corrected chi connectivity index (χ3v) is 3.87. The van der Waals surface area contributed by atoms with Gasteiger partial charge in [-0.3, -0.25) is 0 Å². The number of para-hydroxylation sites is 1. The molecule has 0 saturated carbocycles. The predicted octanol–water partition coefficient (Wildman–Crippen LogP) is 5.15. The van der Waals surface area contributed by atoms with Crippen LogP contribution in [0.3, 0.4) is 0 Å². The van der Waals surface area contributed by atoms with Crippen LogP contribution in [0.2, 0.25) is 5.02 Å². The molecule has 2 aromatic heterocycles. The molecule has 0 unspecified atom stereocenters. The Balaban J connectivity index is 1.67. The zero-order valence-electron chi connectivity index (χ0n) is 11.1. The maximum Gasteiger partial charge on any atom is 0.152 e. The van der Waals surface area contributed by atoms with E-state index in [0.717, 1.165) is 27.6 Å². The van der Waals surface area contributed by atoms with Gasteiger partial charge in [0.15, 0.2) is 5.58 Å². The summed E-state index contributed by atoms with van der Waals surface area (Å²) in [7, 11) is 0. The first kappa shape index (κ1) is 12.4. The Hall–Kier alpha value is -2.39. The number of aromatic nitrogens is 1. The van der Waals surface area contributed by atoms with Gasteiger partial charge in [-0.05, 0) is 24.3 Å². The molecule has 0 amide bonds. The number of aromatic amines is 1. The molecule has 0 radical (unpaired) electrons. The van der Waals surface area contributed by atoms with Gasteiger partial charge in [-0.1, -0.05) is 29.8 Å². The van der Waals surface area contributed by atoms with Gasteiger partial charge < -0.3 is 14.1 Å².